The van der Waals surface area contributed by atoms with E-state index < -0.39 is 0 Å². The van der Waals surface area contributed by atoms with Crippen LogP contribution >= 0.6 is 11.8 Å². The predicted octanol–water partition coefficient (Wildman–Crippen LogP) is 5.45. The second-order valence-electron chi connectivity index (χ2n) is 8.31. The smallest absolute Gasteiger partial charge is 0.220 e. The van der Waals surface area contributed by atoms with E-state index >= 15 is 0 Å². The molecular weight excluding hydrogens is 404 g/mol. The van der Waals surface area contributed by atoms with E-state index in [4.69, 9.17) is 0 Å². The molecule has 0 unspecified atom stereocenters. The van der Waals surface area contributed by atoms with Gasteiger partial charge in [-0.15, -0.1) is 10.2 Å². The minimum Gasteiger partial charge on any atom is -0.349 e. The first kappa shape index (κ1) is 21.6. The number of aryl methyl sites for hydroxylation is 1. The summed E-state index contributed by atoms with van der Waals surface area (Å²) < 4.78 is 2.06. The highest BCUT2D eigenvalue weighted by Crippen LogP contribution is 2.28. The molecule has 1 amide bonds. The van der Waals surface area contributed by atoms with E-state index in [1.165, 1.54) is 36.8 Å². The van der Waals surface area contributed by atoms with Crippen molar-refractivity contribution in [2.75, 3.05) is 0 Å². The zero-order chi connectivity index (χ0) is 21.5. The number of nitrogens with zero attached hydrogens (tertiary/aromatic N) is 3. The highest BCUT2D eigenvalue weighted by atomic mass is 32.2. The molecule has 0 aliphatic heterocycles. The molecule has 1 aliphatic carbocycles. The summed E-state index contributed by atoms with van der Waals surface area (Å²) in [7, 11) is 0. The van der Waals surface area contributed by atoms with E-state index in [1.54, 1.807) is 11.8 Å². The minimum absolute atomic E-state index is 0.101. The summed E-state index contributed by atoms with van der Waals surface area (Å²) in [5, 5.41) is 12.8. The summed E-state index contributed by atoms with van der Waals surface area (Å²) in [5.74, 6) is 2.40. The van der Waals surface area contributed by atoms with Crippen LogP contribution in [0.1, 0.15) is 55.5 Å². The lowest BCUT2D eigenvalue weighted by atomic mass is 10.0. The average Bonchev–Trinajstić information content (AvgIpc) is 3.46. The first-order valence-electron chi connectivity index (χ1n) is 11.1. The Kier molecular flexibility index (Phi) is 7.41. The molecule has 1 N–H and O–H groups in total. The molecule has 0 saturated heterocycles. The van der Waals surface area contributed by atoms with Crippen LogP contribution in [0.4, 0.5) is 0 Å². The number of benzene rings is 2. The maximum Gasteiger partial charge on any atom is 0.220 e. The molecule has 1 heterocycles. The lowest BCUT2D eigenvalue weighted by Crippen LogP contribution is -2.24. The number of amides is 1. The van der Waals surface area contributed by atoms with Gasteiger partial charge in [-0.25, -0.2) is 0 Å². The van der Waals surface area contributed by atoms with Crippen LogP contribution in [0.25, 0.3) is 5.69 Å². The summed E-state index contributed by atoms with van der Waals surface area (Å²) in [6, 6.07) is 18.7. The Bertz CT molecular complexity index is 979. The zero-order valence-corrected chi connectivity index (χ0v) is 18.9. The van der Waals surface area contributed by atoms with Crippen LogP contribution < -0.4 is 5.32 Å². The van der Waals surface area contributed by atoms with E-state index in [2.05, 4.69) is 63.4 Å². The van der Waals surface area contributed by atoms with Crippen molar-refractivity contribution >= 4 is 17.7 Å². The van der Waals surface area contributed by atoms with Gasteiger partial charge in [0.15, 0.2) is 11.0 Å². The van der Waals surface area contributed by atoms with E-state index in [-0.39, 0.29) is 5.91 Å². The number of hydrogen-bond donors (Lipinski definition) is 1. The maximum atomic E-state index is 12.4. The van der Waals surface area contributed by atoms with E-state index in [0.29, 0.717) is 13.0 Å². The van der Waals surface area contributed by atoms with Crippen molar-refractivity contribution in [2.45, 2.75) is 62.9 Å². The van der Waals surface area contributed by atoms with Crippen LogP contribution in [0.5, 0.6) is 0 Å². The normalized spacial score (nSPS) is 14.1. The second-order valence-corrected chi connectivity index (χ2v) is 9.25. The van der Waals surface area contributed by atoms with Crippen LogP contribution in [-0.4, -0.2) is 20.7 Å². The second kappa shape index (κ2) is 10.6. The fourth-order valence-electron chi connectivity index (χ4n) is 4.08. The molecule has 0 atom stereocenters. The maximum absolute atomic E-state index is 12.4. The Morgan fingerprint density at radius 3 is 2.55 bits per heavy atom. The van der Waals surface area contributed by atoms with Gasteiger partial charge < -0.3 is 5.32 Å². The molecule has 31 heavy (non-hydrogen) atoms. The Hall–Kier alpha value is -2.60. The van der Waals surface area contributed by atoms with Crippen LogP contribution in [0, 0.1) is 12.8 Å². The fraction of sp³-hybridized carbons (Fsp3) is 0.400. The standard InChI is InChI=1S/C25H30N4OS/c1-19-11-14-22(15-12-19)29-23(17-26-24(30)16-13-20-7-5-6-8-20)27-28-25(29)31-18-21-9-3-2-4-10-21/h2-4,9-12,14-15,20H,5-8,13,16-18H2,1H3,(H,26,30). The summed E-state index contributed by atoms with van der Waals surface area (Å²) >= 11 is 1.66. The number of thioether (sulfide) groups is 1. The van der Waals surface area contributed by atoms with Gasteiger partial charge in [0, 0.05) is 17.9 Å². The number of hydrogen-bond acceptors (Lipinski definition) is 4. The van der Waals surface area contributed by atoms with Crippen molar-refractivity contribution in [1.82, 2.24) is 20.1 Å². The van der Waals surface area contributed by atoms with Gasteiger partial charge in [-0.3, -0.25) is 9.36 Å². The first-order valence-corrected chi connectivity index (χ1v) is 12.1. The molecule has 0 radical (unpaired) electrons. The number of carbonyl (C=O) groups is 1. The van der Waals surface area contributed by atoms with Gasteiger partial charge in [0.25, 0.3) is 0 Å². The van der Waals surface area contributed by atoms with E-state index in [1.807, 2.05) is 18.2 Å². The minimum atomic E-state index is 0.101. The summed E-state index contributed by atoms with van der Waals surface area (Å²) in [6.07, 6.45) is 6.77. The van der Waals surface area contributed by atoms with Crippen LogP contribution in [-0.2, 0) is 17.1 Å². The van der Waals surface area contributed by atoms with Gasteiger partial charge in [0.05, 0.1) is 6.54 Å². The molecule has 2 aromatic carbocycles. The highest BCUT2D eigenvalue weighted by Gasteiger charge is 2.18. The number of aromatic nitrogens is 3. The van der Waals surface area contributed by atoms with Crippen LogP contribution in [0.15, 0.2) is 59.8 Å². The van der Waals surface area contributed by atoms with Gasteiger partial charge in [0.2, 0.25) is 5.91 Å². The molecule has 0 bridgehead atoms. The Labute approximate surface area is 188 Å². The van der Waals surface area contributed by atoms with Crippen LogP contribution in [0.3, 0.4) is 0 Å². The summed E-state index contributed by atoms with van der Waals surface area (Å²) in [6.45, 7) is 2.46. The van der Waals surface area contributed by atoms with Gasteiger partial charge in [0.1, 0.15) is 0 Å². The summed E-state index contributed by atoms with van der Waals surface area (Å²) in [4.78, 5) is 12.4. The van der Waals surface area contributed by atoms with Crippen molar-refractivity contribution in [3.63, 3.8) is 0 Å². The predicted molar refractivity (Wildman–Crippen MR) is 125 cm³/mol. The molecule has 1 saturated carbocycles. The molecule has 4 rings (SSSR count). The van der Waals surface area contributed by atoms with Gasteiger partial charge in [-0.1, -0.05) is 85.5 Å². The Morgan fingerprint density at radius 1 is 1.06 bits per heavy atom. The van der Waals surface area contributed by atoms with Crippen molar-refractivity contribution in [1.29, 1.82) is 0 Å². The summed E-state index contributed by atoms with van der Waals surface area (Å²) in [5.41, 5.74) is 3.46. The molecular formula is C25H30N4OS. The van der Waals surface area contributed by atoms with Crippen molar-refractivity contribution in [2.24, 2.45) is 5.92 Å². The van der Waals surface area contributed by atoms with Crippen molar-refractivity contribution < 1.29 is 4.79 Å². The van der Waals surface area contributed by atoms with Crippen molar-refractivity contribution in [3.8, 4) is 5.69 Å². The van der Waals surface area contributed by atoms with Gasteiger partial charge >= 0.3 is 0 Å². The van der Waals surface area contributed by atoms with Crippen LogP contribution in [0.2, 0.25) is 0 Å². The molecule has 5 nitrogen and oxygen atoms in total. The number of carbonyl (C=O) groups excluding carboxylic acids is 1. The molecule has 6 heteroatoms. The van der Waals surface area contributed by atoms with Crippen molar-refractivity contribution in [3.05, 3.63) is 71.5 Å². The SMILES string of the molecule is Cc1ccc(-n2c(CNC(=O)CCC3CCCC3)nnc2SCc2ccccc2)cc1. The average molecular weight is 435 g/mol. The lowest BCUT2D eigenvalue weighted by molar-refractivity contribution is -0.121. The van der Waals surface area contributed by atoms with Gasteiger partial charge in [-0.2, -0.15) is 0 Å². The van der Waals surface area contributed by atoms with E-state index in [9.17, 15) is 4.79 Å². The number of rotatable bonds is 9. The monoisotopic (exact) mass is 434 g/mol. The lowest BCUT2D eigenvalue weighted by Gasteiger charge is -2.12. The third kappa shape index (κ3) is 5.97. The quantitative estimate of drug-likeness (QED) is 0.455. The van der Waals surface area contributed by atoms with E-state index in [0.717, 1.165) is 34.8 Å². The van der Waals surface area contributed by atoms with Gasteiger partial charge in [-0.05, 0) is 37.0 Å². The fourth-order valence-corrected chi connectivity index (χ4v) is 5.01. The molecule has 3 aromatic rings. The first-order chi connectivity index (χ1) is 15.2. The number of nitrogens with one attached hydrogen (secondary N) is 1. The Balaban J connectivity index is 1.45. The highest BCUT2D eigenvalue weighted by molar-refractivity contribution is 7.98. The largest absolute Gasteiger partial charge is 0.349 e. The molecule has 1 fully saturated rings. The topological polar surface area (TPSA) is 59.8 Å². The molecule has 1 aromatic heterocycles. The third-order valence-corrected chi connectivity index (χ3v) is 6.90. The third-order valence-electron chi connectivity index (χ3n) is 5.90. The molecule has 0 spiro atoms. The zero-order valence-electron chi connectivity index (χ0n) is 18.1. The molecule has 1 aliphatic rings. The Morgan fingerprint density at radius 2 is 1.81 bits per heavy atom. The molecule has 162 valence electrons.